The zero-order valence-corrected chi connectivity index (χ0v) is 29.9. The fraction of sp³-hybridized carbons (Fsp3) is 0.757. The molecule has 1 N–H and O–H groups in total. The third-order valence-corrected chi connectivity index (χ3v) is 9.10. The van der Waals surface area contributed by atoms with E-state index in [4.69, 9.17) is 9.47 Å². The number of pyridine rings is 1. The number of nitrogens with zero attached hydrogens (tertiary/aromatic N) is 3. The second-order valence-corrected chi connectivity index (χ2v) is 13.3. The van der Waals surface area contributed by atoms with Crippen molar-refractivity contribution in [2.24, 2.45) is 5.41 Å². The Bertz CT molecular complexity index is 1070. The largest absolute Gasteiger partial charge is 0.449 e. The van der Waals surface area contributed by atoms with Crippen molar-refractivity contribution < 1.29 is 33.2 Å². The van der Waals surface area contributed by atoms with Gasteiger partial charge in [-0.3, -0.25) is 9.59 Å². The molecule has 10 heteroatoms. The van der Waals surface area contributed by atoms with Crippen LogP contribution in [0.1, 0.15) is 136 Å². The Morgan fingerprint density at radius 1 is 0.787 bits per heavy atom. The van der Waals surface area contributed by atoms with Crippen LogP contribution in [0.3, 0.4) is 0 Å². The molecule has 10 nitrogen and oxygen atoms in total. The van der Waals surface area contributed by atoms with Crippen LogP contribution in [0.25, 0.3) is 0 Å². The summed E-state index contributed by atoms with van der Waals surface area (Å²) in [4.78, 5) is 52.3. The van der Waals surface area contributed by atoms with E-state index in [0.717, 1.165) is 23.4 Å². The van der Waals surface area contributed by atoms with Crippen LogP contribution in [0.5, 0.6) is 0 Å². The number of aromatic nitrogens is 1. The Hall–Kier alpha value is -3.17. The van der Waals surface area contributed by atoms with Gasteiger partial charge >= 0.3 is 12.2 Å². The average molecular weight is 660 g/mol. The van der Waals surface area contributed by atoms with Crippen LogP contribution in [-0.4, -0.2) is 66.6 Å². The van der Waals surface area contributed by atoms with Gasteiger partial charge in [-0.05, 0) is 13.3 Å². The topological polar surface area (TPSA) is 109 Å². The molecule has 47 heavy (non-hydrogen) atoms. The smallest absolute Gasteiger partial charge is 0.417 e. The molecule has 0 radical (unpaired) electrons. The number of nitrogens with one attached hydrogen (secondary N) is 1. The maximum atomic E-state index is 13.0. The van der Waals surface area contributed by atoms with E-state index in [1.807, 2.05) is 35.9 Å². The van der Waals surface area contributed by atoms with Gasteiger partial charge in [0, 0.05) is 45.6 Å². The molecule has 0 atom stereocenters. The molecule has 0 bridgehead atoms. The first-order valence-corrected chi connectivity index (χ1v) is 18.3. The quantitative estimate of drug-likeness (QED) is 0.0921. The highest BCUT2D eigenvalue weighted by molar-refractivity contribution is 5.90. The number of unbranched alkanes of at least 4 members (excludes halogenated alkanes) is 15. The number of imide groups is 1. The lowest BCUT2D eigenvalue weighted by molar-refractivity contribution is -0.701. The Balaban J connectivity index is 1.61. The molecule has 1 fully saturated rings. The summed E-state index contributed by atoms with van der Waals surface area (Å²) in [6.07, 6.45) is 21.4. The summed E-state index contributed by atoms with van der Waals surface area (Å²) >= 11 is 0. The number of amides is 4. The number of carbonyl (C=O) groups is 4. The zero-order chi connectivity index (χ0) is 34.3. The molecule has 2 rings (SSSR count). The summed E-state index contributed by atoms with van der Waals surface area (Å²) in [7, 11) is 0. The first-order chi connectivity index (χ1) is 22.7. The van der Waals surface area contributed by atoms with Crippen molar-refractivity contribution in [3.05, 3.63) is 30.1 Å². The highest BCUT2D eigenvalue weighted by Crippen LogP contribution is 2.32. The molecule has 0 spiro atoms. The van der Waals surface area contributed by atoms with Crippen LogP contribution >= 0.6 is 0 Å². The number of rotatable bonds is 24. The lowest BCUT2D eigenvalue weighted by Crippen LogP contribution is -2.62. The minimum atomic E-state index is -0.766. The number of ether oxygens (including phenoxy) is 2. The van der Waals surface area contributed by atoms with Gasteiger partial charge in [0.15, 0.2) is 6.20 Å². The van der Waals surface area contributed by atoms with Crippen LogP contribution < -0.4 is 9.88 Å². The SMILES string of the molecule is CCCCCCCCCCCCCCCCCCNC(=O)OCC1(COC(=O)N(Cc2cccc[n+]2CC)C(C)=O)CN(C(C)=O)C1. The second kappa shape index (κ2) is 23.2. The van der Waals surface area contributed by atoms with E-state index in [1.165, 1.54) is 104 Å². The molecule has 0 saturated carbocycles. The van der Waals surface area contributed by atoms with E-state index in [-0.39, 0.29) is 25.7 Å². The number of carbonyl (C=O) groups excluding carboxylic acids is 4. The molecule has 1 aromatic rings. The lowest BCUT2D eigenvalue weighted by atomic mass is 9.81. The van der Waals surface area contributed by atoms with Crippen molar-refractivity contribution in [2.75, 3.05) is 32.8 Å². The minimum absolute atomic E-state index is 0.00342. The Morgan fingerprint density at radius 2 is 1.32 bits per heavy atom. The van der Waals surface area contributed by atoms with Crippen LogP contribution in [0.2, 0.25) is 0 Å². The van der Waals surface area contributed by atoms with Gasteiger partial charge in [0.2, 0.25) is 17.5 Å². The molecular formula is C37H63N4O6+. The first kappa shape index (κ1) is 40.0. The fourth-order valence-corrected chi connectivity index (χ4v) is 6.07. The lowest BCUT2D eigenvalue weighted by Gasteiger charge is -2.48. The summed E-state index contributed by atoms with van der Waals surface area (Å²) < 4.78 is 13.0. The summed E-state index contributed by atoms with van der Waals surface area (Å²) in [5.74, 6) is -0.530. The third kappa shape index (κ3) is 16.0. The van der Waals surface area contributed by atoms with E-state index < -0.39 is 23.5 Å². The van der Waals surface area contributed by atoms with Gasteiger partial charge in [0.1, 0.15) is 26.3 Å². The summed E-state index contributed by atoms with van der Waals surface area (Å²) in [6.45, 7) is 8.90. The van der Waals surface area contributed by atoms with Crippen LogP contribution in [0, 0.1) is 5.41 Å². The number of aryl methyl sites for hydroxylation is 1. The Labute approximate surface area is 283 Å². The molecule has 4 amide bonds. The monoisotopic (exact) mass is 659 g/mol. The van der Waals surface area contributed by atoms with Crippen LogP contribution in [-0.2, 0) is 32.2 Å². The highest BCUT2D eigenvalue weighted by atomic mass is 16.6. The molecule has 1 aromatic heterocycles. The fourth-order valence-electron chi connectivity index (χ4n) is 6.07. The van der Waals surface area contributed by atoms with Crippen LogP contribution in [0.4, 0.5) is 9.59 Å². The first-order valence-electron chi connectivity index (χ1n) is 18.3. The second-order valence-electron chi connectivity index (χ2n) is 13.3. The van der Waals surface area contributed by atoms with Gasteiger partial charge in [-0.15, -0.1) is 0 Å². The maximum Gasteiger partial charge on any atom is 0.417 e. The van der Waals surface area contributed by atoms with Crippen molar-refractivity contribution in [1.82, 2.24) is 15.1 Å². The van der Waals surface area contributed by atoms with E-state index in [2.05, 4.69) is 12.2 Å². The molecule has 266 valence electrons. The minimum Gasteiger partial charge on any atom is -0.449 e. The van der Waals surface area contributed by atoms with Crippen molar-refractivity contribution in [3.8, 4) is 0 Å². The summed E-state index contributed by atoms with van der Waals surface area (Å²) in [5.41, 5.74) is 0.0819. The van der Waals surface area contributed by atoms with E-state index in [1.54, 1.807) is 4.90 Å². The standard InChI is InChI=1S/C37H62N4O6/c1-5-7-8-9-10-11-12-13-14-15-16-17-18-19-20-22-25-38-35(44)46-30-37(28-40(29-37)32(3)42)31-47-36(45)41(33(4)43)27-34-24-21-23-26-39(34)6-2/h21,23-24,26H,5-20,22,25,27-31H2,1-4H3/p+1. The van der Waals surface area contributed by atoms with Gasteiger partial charge in [0.25, 0.3) is 0 Å². The van der Waals surface area contributed by atoms with Gasteiger partial charge in [-0.2, -0.15) is 0 Å². The zero-order valence-electron chi connectivity index (χ0n) is 29.9. The molecule has 0 aromatic carbocycles. The maximum absolute atomic E-state index is 13.0. The number of hydrogen-bond acceptors (Lipinski definition) is 6. The van der Waals surface area contributed by atoms with Crippen molar-refractivity contribution in [1.29, 1.82) is 0 Å². The Morgan fingerprint density at radius 3 is 1.83 bits per heavy atom. The number of hydrogen-bond donors (Lipinski definition) is 1. The number of likely N-dealkylation sites (tertiary alicyclic amines) is 1. The summed E-state index contributed by atoms with van der Waals surface area (Å²) in [5, 5.41) is 2.82. The predicted octanol–water partition coefficient (Wildman–Crippen LogP) is 7.32. The number of alkyl carbamates (subject to hydrolysis) is 1. The van der Waals surface area contributed by atoms with Crippen molar-refractivity contribution >= 4 is 24.0 Å². The molecule has 1 aliphatic heterocycles. The van der Waals surface area contributed by atoms with Crippen LogP contribution in [0.15, 0.2) is 24.4 Å². The van der Waals surface area contributed by atoms with Crippen molar-refractivity contribution in [3.63, 3.8) is 0 Å². The summed E-state index contributed by atoms with van der Waals surface area (Å²) in [6, 6.07) is 5.60. The Kier molecular flexibility index (Phi) is 19.8. The van der Waals surface area contributed by atoms with Gasteiger partial charge < -0.3 is 19.7 Å². The molecule has 0 aliphatic carbocycles. The van der Waals surface area contributed by atoms with Crippen molar-refractivity contribution in [2.45, 2.75) is 144 Å². The average Bonchev–Trinajstić information content (AvgIpc) is 3.03. The predicted molar refractivity (Wildman–Crippen MR) is 183 cm³/mol. The van der Waals surface area contributed by atoms with E-state index in [9.17, 15) is 19.2 Å². The highest BCUT2D eigenvalue weighted by Gasteiger charge is 2.47. The van der Waals surface area contributed by atoms with Gasteiger partial charge in [-0.25, -0.2) is 19.1 Å². The van der Waals surface area contributed by atoms with E-state index in [0.29, 0.717) is 26.2 Å². The molecular weight excluding hydrogens is 596 g/mol. The molecule has 1 aliphatic rings. The van der Waals surface area contributed by atoms with Gasteiger partial charge in [-0.1, -0.05) is 109 Å². The normalized spacial score (nSPS) is 13.5. The van der Waals surface area contributed by atoms with Gasteiger partial charge in [0.05, 0.1) is 5.41 Å². The van der Waals surface area contributed by atoms with E-state index >= 15 is 0 Å². The molecule has 1 saturated heterocycles. The molecule has 0 unspecified atom stereocenters. The third-order valence-electron chi connectivity index (χ3n) is 9.10. The molecule has 2 heterocycles.